The van der Waals surface area contributed by atoms with E-state index in [2.05, 4.69) is 47.8 Å². The molecule has 0 radical (unpaired) electrons. The van der Waals surface area contributed by atoms with Crippen molar-refractivity contribution in [3.63, 3.8) is 0 Å². The van der Waals surface area contributed by atoms with Crippen LogP contribution >= 0.6 is 0 Å². The fraction of sp³-hybridized carbons (Fsp3) is 0.143. The normalized spacial score (nSPS) is 12.8. The quantitative estimate of drug-likeness (QED) is 0.773. The monoisotopic (exact) mass is 195 g/mol. The highest BCUT2D eigenvalue weighted by molar-refractivity contribution is 5.66. The summed E-state index contributed by atoms with van der Waals surface area (Å²) in [5.41, 5.74) is 5.42. The smallest absolute Gasteiger partial charge is 0.0419 e. The third-order valence-corrected chi connectivity index (χ3v) is 2.97. The molecule has 2 aromatic rings. The Bertz CT molecular complexity index is 474. The first-order valence-corrected chi connectivity index (χ1v) is 5.36. The second kappa shape index (κ2) is 3.43. The zero-order valence-corrected chi connectivity index (χ0v) is 8.53. The van der Waals surface area contributed by atoms with Crippen LogP contribution in [0.4, 0.5) is 11.4 Å². The summed E-state index contributed by atoms with van der Waals surface area (Å²) < 4.78 is 0. The van der Waals surface area contributed by atoms with Crippen LogP contribution in [0.15, 0.2) is 48.5 Å². The van der Waals surface area contributed by atoms with Gasteiger partial charge in [0.05, 0.1) is 0 Å². The lowest BCUT2D eigenvalue weighted by atomic mass is 9.87. The molecule has 1 nitrogen and oxygen atoms in total. The van der Waals surface area contributed by atoms with Gasteiger partial charge in [-0.2, -0.15) is 0 Å². The number of anilines is 2. The lowest BCUT2D eigenvalue weighted by Crippen LogP contribution is -2.10. The maximum absolute atomic E-state index is 3.46. The van der Waals surface area contributed by atoms with Crippen LogP contribution < -0.4 is 5.32 Å². The molecule has 0 spiro atoms. The zero-order chi connectivity index (χ0) is 10.1. The maximum atomic E-state index is 3.46. The molecule has 0 atom stereocenters. The Morgan fingerprint density at radius 1 is 0.800 bits per heavy atom. The predicted molar refractivity (Wildman–Crippen MR) is 63.6 cm³/mol. The number of hydrogen-bond acceptors (Lipinski definition) is 1. The van der Waals surface area contributed by atoms with Crippen molar-refractivity contribution in [2.75, 3.05) is 5.32 Å². The Hall–Kier alpha value is -1.76. The molecule has 0 saturated heterocycles. The highest BCUT2D eigenvalue weighted by Crippen LogP contribution is 2.31. The van der Waals surface area contributed by atoms with E-state index >= 15 is 0 Å². The van der Waals surface area contributed by atoms with Crippen LogP contribution in [0.25, 0.3) is 0 Å². The molecule has 0 aliphatic heterocycles. The van der Waals surface area contributed by atoms with E-state index in [1.165, 1.54) is 29.7 Å². The molecule has 0 heterocycles. The van der Waals surface area contributed by atoms with Crippen molar-refractivity contribution in [3.05, 3.63) is 59.7 Å². The van der Waals surface area contributed by atoms with E-state index in [-0.39, 0.29) is 0 Å². The van der Waals surface area contributed by atoms with Gasteiger partial charge in [-0.3, -0.25) is 0 Å². The van der Waals surface area contributed by atoms with Gasteiger partial charge in [-0.05, 0) is 42.2 Å². The van der Waals surface area contributed by atoms with Crippen molar-refractivity contribution >= 4 is 11.4 Å². The molecule has 74 valence electrons. The van der Waals surface area contributed by atoms with Crippen LogP contribution in [-0.4, -0.2) is 0 Å². The van der Waals surface area contributed by atoms with E-state index in [1.54, 1.807) is 0 Å². The summed E-state index contributed by atoms with van der Waals surface area (Å²) in [6, 6.07) is 16.8. The van der Waals surface area contributed by atoms with Gasteiger partial charge in [-0.25, -0.2) is 0 Å². The van der Waals surface area contributed by atoms with Crippen molar-refractivity contribution < 1.29 is 0 Å². The van der Waals surface area contributed by atoms with Crippen LogP contribution in [0.5, 0.6) is 0 Å². The number of benzene rings is 2. The zero-order valence-electron chi connectivity index (χ0n) is 8.53. The molecule has 0 aromatic heterocycles. The van der Waals surface area contributed by atoms with Gasteiger partial charge in [0.2, 0.25) is 0 Å². The average molecular weight is 195 g/mol. The van der Waals surface area contributed by atoms with Crippen molar-refractivity contribution in [3.8, 4) is 0 Å². The van der Waals surface area contributed by atoms with Crippen molar-refractivity contribution in [1.29, 1.82) is 0 Å². The molecule has 2 aromatic carbocycles. The standard InChI is InChI=1S/C14H13N/c1-2-6-12(7-3-1)15-14-8-4-5-11-9-10-13(11)14/h1-8,15H,9-10H2. The highest BCUT2D eigenvalue weighted by atomic mass is 14.9. The van der Waals surface area contributed by atoms with Crippen LogP contribution in [0.1, 0.15) is 11.1 Å². The van der Waals surface area contributed by atoms with Crippen molar-refractivity contribution in [2.45, 2.75) is 12.8 Å². The predicted octanol–water partition coefficient (Wildman–Crippen LogP) is 3.53. The average Bonchev–Trinajstić information content (AvgIpc) is 2.22. The van der Waals surface area contributed by atoms with Crippen molar-refractivity contribution in [1.82, 2.24) is 0 Å². The molecule has 1 aliphatic rings. The number of aryl methyl sites for hydroxylation is 1. The minimum Gasteiger partial charge on any atom is -0.355 e. The van der Waals surface area contributed by atoms with E-state index < -0.39 is 0 Å². The summed E-state index contributed by atoms with van der Waals surface area (Å²) in [4.78, 5) is 0. The first-order chi connectivity index (χ1) is 7.43. The highest BCUT2D eigenvalue weighted by Gasteiger charge is 2.15. The molecule has 3 rings (SSSR count). The van der Waals surface area contributed by atoms with Crippen molar-refractivity contribution in [2.24, 2.45) is 0 Å². The fourth-order valence-corrected chi connectivity index (χ4v) is 2.04. The molecule has 1 heteroatoms. The Labute approximate surface area is 89.8 Å². The summed E-state index contributed by atoms with van der Waals surface area (Å²) in [5.74, 6) is 0. The van der Waals surface area contributed by atoms with Gasteiger partial charge in [-0.1, -0.05) is 30.3 Å². The van der Waals surface area contributed by atoms with E-state index in [0.29, 0.717) is 0 Å². The number of rotatable bonds is 2. The van der Waals surface area contributed by atoms with E-state index in [0.717, 1.165) is 5.69 Å². The van der Waals surface area contributed by atoms with E-state index in [4.69, 9.17) is 0 Å². The minimum atomic E-state index is 1.16. The summed E-state index contributed by atoms with van der Waals surface area (Å²) in [6.45, 7) is 0. The lowest BCUT2D eigenvalue weighted by Gasteiger charge is -2.22. The number of fused-ring (bicyclic) bond motifs is 1. The SMILES string of the molecule is c1ccc(Nc2cccc3c2CC3)cc1. The second-order valence-corrected chi connectivity index (χ2v) is 3.93. The van der Waals surface area contributed by atoms with E-state index in [1.807, 2.05) is 6.07 Å². The van der Waals surface area contributed by atoms with Gasteiger partial charge in [0.1, 0.15) is 0 Å². The van der Waals surface area contributed by atoms with Crippen LogP contribution in [0.3, 0.4) is 0 Å². The Kier molecular flexibility index (Phi) is 1.95. The summed E-state index contributed by atoms with van der Waals surface area (Å²) in [5, 5.41) is 3.46. The largest absolute Gasteiger partial charge is 0.355 e. The van der Waals surface area contributed by atoms with Gasteiger partial charge >= 0.3 is 0 Å². The molecule has 1 aliphatic carbocycles. The van der Waals surface area contributed by atoms with Gasteiger partial charge in [0.25, 0.3) is 0 Å². The third-order valence-electron chi connectivity index (χ3n) is 2.97. The summed E-state index contributed by atoms with van der Waals surface area (Å²) in [6.07, 6.45) is 2.45. The number of para-hydroxylation sites is 1. The fourth-order valence-electron chi connectivity index (χ4n) is 2.04. The summed E-state index contributed by atoms with van der Waals surface area (Å²) in [7, 11) is 0. The van der Waals surface area contributed by atoms with Gasteiger partial charge in [-0.15, -0.1) is 0 Å². The van der Waals surface area contributed by atoms with E-state index in [9.17, 15) is 0 Å². The molecular weight excluding hydrogens is 182 g/mol. The maximum Gasteiger partial charge on any atom is 0.0419 e. The second-order valence-electron chi connectivity index (χ2n) is 3.93. The molecule has 0 amide bonds. The Morgan fingerprint density at radius 3 is 2.40 bits per heavy atom. The molecule has 0 unspecified atom stereocenters. The lowest BCUT2D eigenvalue weighted by molar-refractivity contribution is 0.842. The number of nitrogens with one attached hydrogen (secondary N) is 1. The first-order valence-electron chi connectivity index (χ1n) is 5.36. The van der Waals surface area contributed by atoms with Gasteiger partial charge in [0, 0.05) is 11.4 Å². The van der Waals surface area contributed by atoms with Gasteiger partial charge < -0.3 is 5.32 Å². The molecule has 0 fully saturated rings. The third kappa shape index (κ3) is 1.50. The van der Waals surface area contributed by atoms with Crippen LogP contribution in [0.2, 0.25) is 0 Å². The Morgan fingerprint density at radius 2 is 1.67 bits per heavy atom. The molecule has 1 N–H and O–H groups in total. The summed E-state index contributed by atoms with van der Waals surface area (Å²) >= 11 is 0. The minimum absolute atomic E-state index is 1.16. The number of hydrogen-bond donors (Lipinski definition) is 1. The van der Waals surface area contributed by atoms with Crippen LogP contribution in [-0.2, 0) is 12.8 Å². The van der Waals surface area contributed by atoms with Crippen LogP contribution in [0, 0.1) is 0 Å². The molecule has 0 bridgehead atoms. The molecule has 15 heavy (non-hydrogen) atoms. The first kappa shape index (κ1) is 8.54. The molecule has 0 saturated carbocycles. The topological polar surface area (TPSA) is 12.0 Å². The van der Waals surface area contributed by atoms with Gasteiger partial charge in [0.15, 0.2) is 0 Å². The Balaban J connectivity index is 1.92. The molecular formula is C14H13N.